The highest BCUT2D eigenvalue weighted by Crippen LogP contribution is 2.23. The fraction of sp³-hybridized carbons (Fsp3) is 0.615. The number of rotatable bonds is 6. The van der Waals surface area contributed by atoms with Gasteiger partial charge in [-0.25, -0.2) is 0 Å². The van der Waals surface area contributed by atoms with E-state index in [0.29, 0.717) is 16.4 Å². The van der Waals surface area contributed by atoms with Gasteiger partial charge in [-0.05, 0) is 20.8 Å². The second-order valence-electron chi connectivity index (χ2n) is 4.24. The van der Waals surface area contributed by atoms with Crippen molar-refractivity contribution in [3.63, 3.8) is 0 Å². The molecule has 0 radical (unpaired) electrons. The van der Waals surface area contributed by atoms with Crippen LogP contribution in [0.25, 0.3) is 0 Å². The SMILES string of the molecule is CCOC(=O)C(Cc1c(C)nn(C)c1Cl)C(=O)OCC. The Morgan fingerprint density at radius 1 is 1.25 bits per heavy atom. The summed E-state index contributed by atoms with van der Waals surface area (Å²) in [4.78, 5) is 23.8. The minimum absolute atomic E-state index is 0.121. The van der Waals surface area contributed by atoms with Crippen LogP contribution >= 0.6 is 11.6 Å². The molecule has 0 aromatic carbocycles. The van der Waals surface area contributed by atoms with Crippen molar-refractivity contribution < 1.29 is 19.1 Å². The number of aromatic nitrogens is 2. The summed E-state index contributed by atoms with van der Waals surface area (Å²) in [7, 11) is 1.70. The van der Waals surface area contributed by atoms with Crippen LogP contribution in [0, 0.1) is 12.8 Å². The van der Waals surface area contributed by atoms with Crippen molar-refractivity contribution in [2.24, 2.45) is 13.0 Å². The lowest BCUT2D eigenvalue weighted by molar-refractivity contribution is -0.161. The van der Waals surface area contributed by atoms with E-state index >= 15 is 0 Å². The standard InChI is InChI=1S/C13H19ClN2O4/c1-5-19-12(17)10(13(18)20-6-2)7-9-8(3)15-16(4)11(9)14/h10H,5-7H2,1-4H3. The van der Waals surface area contributed by atoms with Crippen molar-refractivity contribution in [2.75, 3.05) is 13.2 Å². The molecule has 0 atom stereocenters. The molecule has 1 aromatic rings. The van der Waals surface area contributed by atoms with Crippen molar-refractivity contribution in [1.29, 1.82) is 0 Å². The second kappa shape index (κ2) is 7.28. The zero-order chi connectivity index (χ0) is 15.3. The number of carbonyl (C=O) groups is 2. The van der Waals surface area contributed by atoms with Gasteiger partial charge in [0.15, 0.2) is 5.92 Å². The first-order valence-corrected chi connectivity index (χ1v) is 6.81. The number of aryl methyl sites for hydroxylation is 2. The third-order valence-corrected chi connectivity index (χ3v) is 3.29. The summed E-state index contributed by atoms with van der Waals surface area (Å²) in [5.74, 6) is -2.23. The maximum absolute atomic E-state index is 11.9. The summed E-state index contributed by atoms with van der Waals surface area (Å²) in [5.41, 5.74) is 1.33. The zero-order valence-electron chi connectivity index (χ0n) is 12.1. The Morgan fingerprint density at radius 3 is 2.10 bits per heavy atom. The third-order valence-electron chi connectivity index (χ3n) is 2.82. The predicted molar refractivity (Wildman–Crippen MR) is 73.4 cm³/mol. The molecule has 0 spiro atoms. The summed E-state index contributed by atoms with van der Waals surface area (Å²) in [6.45, 7) is 5.54. The summed E-state index contributed by atoms with van der Waals surface area (Å²) in [6.07, 6.45) is 0.121. The lowest BCUT2D eigenvalue weighted by atomic mass is 10.00. The molecule has 1 aromatic heterocycles. The topological polar surface area (TPSA) is 70.4 Å². The fourth-order valence-corrected chi connectivity index (χ4v) is 2.11. The number of esters is 2. The van der Waals surface area contributed by atoms with Crippen LogP contribution < -0.4 is 0 Å². The Kier molecular flexibility index (Phi) is 6.01. The molecule has 0 aliphatic heterocycles. The van der Waals surface area contributed by atoms with Crippen LogP contribution in [0.4, 0.5) is 0 Å². The Bertz CT molecular complexity index is 481. The largest absolute Gasteiger partial charge is 0.465 e. The molecule has 0 aliphatic carbocycles. The van der Waals surface area contributed by atoms with E-state index in [1.807, 2.05) is 0 Å². The number of nitrogens with zero attached hydrogens (tertiary/aromatic N) is 2. The van der Waals surface area contributed by atoms with Crippen LogP contribution in [0.15, 0.2) is 0 Å². The van der Waals surface area contributed by atoms with E-state index in [-0.39, 0.29) is 19.6 Å². The molecule has 1 heterocycles. The molecule has 0 N–H and O–H groups in total. The van der Waals surface area contributed by atoms with Crippen molar-refractivity contribution in [1.82, 2.24) is 9.78 Å². The Morgan fingerprint density at radius 2 is 1.75 bits per heavy atom. The molecular weight excluding hydrogens is 284 g/mol. The van der Waals surface area contributed by atoms with Gasteiger partial charge in [0.25, 0.3) is 0 Å². The maximum Gasteiger partial charge on any atom is 0.320 e. The van der Waals surface area contributed by atoms with Crippen molar-refractivity contribution >= 4 is 23.5 Å². The highest BCUT2D eigenvalue weighted by molar-refractivity contribution is 6.30. The van der Waals surface area contributed by atoms with Gasteiger partial charge in [-0.1, -0.05) is 11.6 Å². The minimum atomic E-state index is -1.02. The molecule has 0 aliphatic rings. The first kappa shape index (κ1) is 16.5. The highest BCUT2D eigenvalue weighted by atomic mass is 35.5. The molecule has 0 unspecified atom stereocenters. The Hall–Kier alpha value is -1.56. The Balaban J connectivity index is 2.99. The summed E-state index contributed by atoms with van der Waals surface area (Å²) in [6, 6.07) is 0. The fourth-order valence-electron chi connectivity index (χ4n) is 1.86. The molecule has 1 rings (SSSR count). The average molecular weight is 303 g/mol. The van der Waals surface area contributed by atoms with E-state index in [1.165, 1.54) is 4.68 Å². The summed E-state index contributed by atoms with van der Waals surface area (Å²) >= 11 is 6.12. The van der Waals surface area contributed by atoms with E-state index in [4.69, 9.17) is 21.1 Å². The lowest BCUT2D eigenvalue weighted by Gasteiger charge is -2.14. The smallest absolute Gasteiger partial charge is 0.320 e. The molecule has 0 saturated heterocycles. The zero-order valence-corrected chi connectivity index (χ0v) is 12.9. The van der Waals surface area contributed by atoms with Gasteiger partial charge in [0.1, 0.15) is 5.15 Å². The molecular formula is C13H19ClN2O4. The average Bonchev–Trinajstić information content (AvgIpc) is 2.61. The van der Waals surface area contributed by atoms with Crippen LogP contribution in [-0.4, -0.2) is 34.9 Å². The molecule has 20 heavy (non-hydrogen) atoms. The molecule has 0 saturated carbocycles. The van der Waals surface area contributed by atoms with Crippen LogP contribution in [-0.2, 0) is 32.5 Å². The van der Waals surface area contributed by atoms with Crippen molar-refractivity contribution in [2.45, 2.75) is 27.2 Å². The number of hydrogen-bond acceptors (Lipinski definition) is 5. The van der Waals surface area contributed by atoms with Crippen LogP contribution in [0.2, 0.25) is 5.15 Å². The first-order valence-electron chi connectivity index (χ1n) is 6.43. The quantitative estimate of drug-likeness (QED) is 0.590. The highest BCUT2D eigenvalue weighted by Gasteiger charge is 2.32. The van der Waals surface area contributed by atoms with E-state index < -0.39 is 17.9 Å². The van der Waals surface area contributed by atoms with E-state index in [0.717, 1.165) is 0 Å². The molecule has 0 amide bonds. The summed E-state index contributed by atoms with van der Waals surface area (Å²) < 4.78 is 11.3. The molecule has 6 nitrogen and oxygen atoms in total. The molecule has 112 valence electrons. The van der Waals surface area contributed by atoms with Gasteiger partial charge in [0.05, 0.1) is 18.9 Å². The Labute approximate surface area is 123 Å². The van der Waals surface area contributed by atoms with Crippen LogP contribution in [0.3, 0.4) is 0 Å². The number of ether oxygens (including phenoxy) is 2. The van der Waals surface area contributed by atoms with Gasteiger partial charge in [-0.2, -0.15) is 5.10 Å². The lowest BCUT2D eigenvalue weighted by Crippen LogP contribution is -2.30. The van der Waals surface area contributed by atoms with Crippen LogP contribution in [0.1, 0.15) is 25.1 Å². The van der Waals surface area contributed by atoms with Gasteiger partial charge >= 0.3 is 11.9 Å². The van der Waals surface area contributed by atoms with Gasteiger partial charge in [0.2, 0.25) is 0 Å². The predicted octanol–water partition coefficient (Wildman–Crippen LogP) is 1.67. The number of carbonyl (C=O) groups excluding carboxylic acids is 2. The van der Waals surface area contributed by atoms with Gasteiger partial charge in [0, 0.05) is 19.0 Å². The second-order valence-corrected chi connectivity index (χ2v) is 4.60. The number of halogens is 1. The van der Waals surface area contributed by atoms with Gasteiger partial charge in [-0.15, -0.1) is 0 Å². The molecule has 0 fully saturated rings. The van der Waals surface area contributed by atoms with Gasteiger partial charge in [-0.3, -0.25) is 14.3 Å². The van der Waals surface area contributed by atoms with Gasteiger partial charge < -0.3 is 9.47 Å². The maximum atomic E-state index is 11.9. The number of hydrogen-bond donors (Lipinski definition) is 0. The van der Waals surface area contributed by atoms with Crippen molar-refractivity contribution in [3.05, 3.63) is 16.4 Å². The summed E-state index contributed by atoms with van der Waals surface area (Å²) in [5, 5.41) is 4.56. The minimum Gasteiger partial charge on any atom is -0.465 e. The van der Waals surface area contributed by atoms with E-state index in [1.54, 1.807) is 27.8 Å². The van der Waals surface area contributed by atoms with Crippen LogP contribution in [0.5, 0.6) is 0 Å². The normalized spacial score (nSPS) is 10.7. The van der Waals surface area contributed by atoms with E-state index in [9.17, 15) is 9.59 Å². The monoisotopic (exact) mass is 302 g/mol. The molecule has 7 heteroatoms. The first-order chi connectivity index (χ1) is 9.42. The third kappa shape index (κ3) is 3.72. The molecule has 0 bridgehead atoms. The van der Waals surface area contributed by atoms with Crippen molar-refractivity contribution in [3.8, 4) is 0 Å². The van der Waals surface area contributed by atoms with E-state index in [2.05, 4.69) is 5.10 Å².